The van der Waals surface area contributed by atoms with Crippen LogP contribution in [0.25, 0.3) is 0 Å². The lowest BCUT2D eigenvalue weighted by atomic mass is 9.82. The normalized spacial score (nSPS) is 15.9. The molecule has 0 radical (unpaired) electrons. The molecule has 92 valence electrons. The Morgan fingerprint density at radius 3 is 2.65 bits per heavy atom. The average Bonchev–Trinajstić information content (AvgIpc) is 2.28. The van der Waals surface area contributed by atoms with Gasteiger partial charge in [0.25, 0.3) is 0 Å². The van der Waals surface area contributed by atoms with Crippen molar-refractivity contribution in [2.75, 3.05) is 0 Å². The summed E-state index contributed by atoms with van der Waals surface area (Å²) in [4.78, 5) is 0. The molecule has 0 fully saturated rings. The smallest absolute Gasteiger partial charge is 0.126 e. The molecule has 0 saturated heterocycles. The van der Waals surface area contributed by atoms with E-state index in [1.54, 1.807) is 25.1 Å². The third-order valence-corrected chi connectivity index (χ3v) is 2.99. The molecule has 3 heteroatoms. The molecule has 0 heterocycles. The minimum atomic E-state index is -1.19. The van der Waals surface area contributed by atoms with E-state index >= 15 is 0 Å². The number of hydrogen-bond acceptors (Lipinski definition) is 2. The first kappa shape index (κ1) is 13.7. The van der Waals surface area contributed by atoms with Gasteiger partial charge >= 0.3 is 0 Å². The van der Waals surface area contributed by atoms with E-state index in [1.165, 1.54) is 6.07 Å². The second-order valence-electron chi connectivity index (χ2n) is 4.60. The summed E-state index contributed by atoms with van der Waals surface area (Å²) in [7, 11) is 0. The van der Waals surface area contributed by atoms with Gasteiger partial charge in [-0.25, -0.2) is 4.39 Å². The zero-order chi connectivity index (χ0) is 12.9. The maximum absolute atomic E-state index is 13.5. The summed E-state index contributed by atoms with van der Waals surface area (Å²) < 4.78 is 13.5. The Bertz CT molecular complexity index is 409. The van der Waals surface area contributed by atoms with Crippen molar-refractivity contribution < 1.29 is 9.50 Å². The fraction of sp³-hybridized carbons (Fsp3) is 0.500. The van der Waals surface area contributed by atoms with Crippen molar-refractivity contribution in [3.8, 4) is 6.07 Å². The molecule has 1 aromatic rings. The lowest BCUT2D eigenvalue weighted by molar-refractivity contribution is 0.0171. The Morgan fingerprint density at radius 2 is 2.12 bits per heavy atom. The molecule has 1 N–H and O–H groups in total. The fourth-order valence-corrected chi connectivity index (χ4v) is 1.95. The van der Waals surface area contributed by atoms with E-state index in [2.05, 4.69) is 6.07 Å². The number of aliphatic hydroxyl groups is 1. The third kappa shape index (κ3) is 3.54. The van der Waals surface area contributed by atoms with Crippen LogP contribution in [0.15, 0.2) is 24.3 Å². The molecule has 0 bridgehead atoms. The number of rotatable bonds is 5. The molecule has 17 heavy (non-hydrogen) atoms. The van der Waals surface area contributed by atoms with Gasteiger partial charge in [0.1, 0.15) is 5.82 Å². The Labute approximate surface area is 102 Å². The van der Waals surface area contributed by atoms with Crippen LogP contribution in [-0.4, -0.2) is 10.7 Å². The number of benzene rings is 1. The maximum atomic E-state index is 13.5. The average molecular weight is 235 g/mol. The Kier molecular flexibility index (Phi) is 4.65. The van der Waals surface area contributed by atoms with Crippen molar-refractivity contribution in [1.29, 1.82) is 5.26 Å². The predicted octanol–water partition coefficient (Wildman–Crippen LogP) is 3.06. The number of hydrogen-bond donors (Lipinski definition) is 1. The molecular weight excluding hydrogens is 217 g/mol. The predicted molar refractivity (Wildman–Crippen MR) is 64.7 cm³/mol. The van der Waals surface area contributed by atoms with Crippen LogP contribution in [0, 0.1) is 23.1 Å². The van der Waals surface area contributed by atoms with Gasteiger partial charge in [0, 0.05) is 6.42 Å². The van der Waals surface area contributed by atoms with Crippen LogP contribution < -0.4 is 0 Å². The second-order valence-corrected chi connectivity index (χ2v) is 4.60. The van der Waals surface area contributed by atoms with Gasteiger partial charge in [0.05, 0.1) is 17.6 Å². The Balaban J connectivity index is 2.85. The Hall–Kier alpha value is -1.40. The van der Waals surface area contributed by atoms with Crippen LogP contribution in [0.4, 0.5) is 4.39 Å². The van der Waals surface area contributed by atoms with Gasteiger partial charge in [-0.3, -0.25) is 0 Å². The van der Waals surface area contributed by atoms with Crippen LogP contribution in [0.3, 0.4) is 0 Å². The fourth-order valence-electron chi connectivity index (χ4n) is 1.95. The molecule has 1 rings (SSSR count). The first-order valence-electron chi connectivity index (χ1n) is 5.86. The van der Waals surface area contributed by atoms with E-state index < -0.39 is 11.5 Å². The van der Waals surface area contributed by atoms with Gasteiger partial charge in [-0.15, -0.1) is 0 Å². The molecular formula is C14H18FNO. The highest BCUT2D eigenvalue weighted by molar-refractivity contribution is 5.20. The third-order valence-electron chi connectivity index (χ3n) is 2.99. The highest BCUT2D eigenvalue weighted by Crippen LogP contribution is 2.26. The summed E-state index contributed by atoms with van der Waals surface area (Å²) in [6, 6.07) is 8.47. The van der Waals surface area contributed by atoms with Gasteiger partial charge < -0.3 is 5.11 Å². The minimum absolute atomic E-state index is 0.165. The molecule has 2 unspecified atom stereocenters. The van der Waals surface area contributed by atoms with Crippen LogP contribution >= 0.6 is 0 Å². The molecule has 0 aliphatic rings. The highest BCUT2D eigenvalue weighted by Gasteiger charge is 2.32. The summed E-state index contributed by atoms with van der Waals surface area (Å²) in [5.41, 5.74) is -0.735. The van der Waals surface area contributed by atoms with E-state index in [0.717, 1.165) is 6.42 Å². The topological polar surface area (TPSA) is 44.0 Å². The van der Waals surface area contributed by atoms with Crippen molar-refractivity contribution in [3.05, 3.63) is 35.6 Å². The quantitative estimate of drug-likeness (QED) is 0.852. The highest BCUT2D eigenvalue weighted by atomic mass is 19.1. The molecule has 0 aromatic heterocycles. The lowest BCUT2D eigenvalue weighted by Gasteiger charge is -2.28. The van der Waals surface area contributed by atoms with Crippen molar-refractivity contribution in [2.45, 2.75) is 38.7 Å². The van der Waals surface area contributed by atoms with Gasteiger partial charge in [-0.2, -0.15) is 5.26 Å². The molecule has 2 atom stereocenters. The lowest BCUT2D eigenvalue weighted by Crippen LogP contribution is -2.36. The SMILES string of the molecule is CCCC(C#N)C(C)(O)Cc1ccccc1F. The summed E-state index contributed by atoms with van der Waals surface area (Å²) in [6.07, 6.45) is 1.61. The van der Waals surface area contributed by atoms with Crippen molar-refractivity contribution >= 4 is 0 Å². The summed E-state index contributed by atoms with van der Waals surface area (Å²) in [5.74, 6) is -0.798. The van der Waals surface area contributed by atoms with Crippen LogP contribution in [0.2, 0.25) is 0 Å². The maximum Gasteiger partial charge on any atom is 0.126 e. The van der Waals surface area contributed by atoms with E-state index in [4.69, 9.17) is 5.26 Å². The number of halogens is 1. The second kappa shape index (κ2) is 5.79. The van der Waals surface area contributed by atoms with Crippen LogP contribution in [0.1, 0.15) is 32.3 Å². The van der Waals surface area contributed by atoms with E-state index in [-0.39, 0.29) is 12.2 Å². The molecule has 2 nitrogen and oxygen atoms in total. The van der Waals surface area contributed by atoms with Crippen LogP contribution in [-0.2, 0) is 6.42 Å². The summed E-state index contributed by atoms with van der Waals surface area (Å²) >= 11 is 0. The van der Waals surface area contributed by atoms with Crippen LogP contribution in [0.5, 0.6) is 0 Å². The van der Waals surface area contributed by atoms with Gasteiger partial charge in [0.15, 0.2) is 0 Å². The largest absolute Gasteiger partial charge is 0.388 e. The van der Waals surface area contributed by atoms with E-state index in [0.29, 0.717) is 12.0 Å². The first-order valence-corrected chi connectivity index (χ1v) is 5.86. The Morgan fingerprint density at radius 1 is 1.47 bits per heavy atom. The first-order chi connectivity index (χ1) is 8.01. The summed E-state index contributed by atoms with van der Waals surface area (Å²) in [5, 5.41) is 19.3. The van der Waals surface area contributed by atoms with Gasteiger partial charge in [0.2, 0.25) is 0 Å². The molecule has 0 aliphatic carbocycles. The van der Waals surface area contributed by atoms with Crippen molar-refractivity contribution in [1.82, 2.24) is 0 Å². The monoisotopic (exact) mass is 235 g/mol. The van der Waals surface area contributed by atoms with E-state index in [9.17, 15) is 9.50 Å². The molecule has 0 aliphatic heterocycles. The minimum Gasteiger partial charge on any atom is -0.388 e. The summed E-state index contributed by atoms with van der Waals surface area (Å²) in [6.45, 7) is 3.56. The standard InChI is InChI=1S/C14H18FNO/c1-3-6-12(10-16)14(2,17)9-11-7-4-5-8-13(11)15/h4-5,7-8,12,17H,3,6,9H2,1-2H3. The molecule has 1 aromatic carbocycles. The van der Waals surface area contributed by atoms with E-state index in [1.807, 2.05) is 6.92 Å². The number of nitrogens with zero attached hydrogens (tertiary/aromatic N) is 1. The van der Waals surface area contributed by atoms with Crippen molar-refractivity contribution in [2.24, 2.45) is 5.92 Å². The van der Waals surface area contributed by atoms with Gasteiger partial charge in [-0.1, -0.05) is 31.5 Å². The molecule has 0 amide bonds. The zero-order valence-electron chi connectivity index (χ0n) is 10.3. The van der Waals surface area contributed by atoms with Crippen molar-refractivity contribution in [3.63, 3.8) is 0 Å². The molecule has 0 spiro atoms. The number of nitriles is 1. The van der Waals surface area contributed by atoms with Gasteiger partial charge in [-0.05, 0) is 25.0 Å². The molecule has 0 saturated carbocycles. The zero-order valence-corrected chi connectivity index (χ0v) is 10.3.